The van der Waals surface area contributed by atoms with Gasteiger partial charge in [-0.25, -0.2) is 0 Å². The maximum Gasteiger partial charge on any atom is 0.269 e. The van der Waals surface area contributed by atoms with Crippen LogP contribution in [-0.4, -0.2) is 48.6 Å². The molecule has 156 valence electrons. The Labute approximate surface area is 174 Å². The third kappa shape index (κ3) is 3.56. The smallest absolute Gasteiger partial charge is 0.269 e. The average Bonchev–Trinajstić information content (AvgIpc) is 2.78. The number of hydrogen-bond donors (Lipinski definition) is 1. The van der Waals surface area contributed by atoms with E-state index in [0.29, 0.717) is 35.1 Å². The first kappa shape index (κ1) is 18.8. The summed E-state index contributed by atoms with van der Waals surface area (Å²) in [5, 5.41) is 2.85. The van der Waals surface area contributed by atoms with Crippen molar-refractivity contribution in [2.45, 2.75) is 37.8 Å². The SMILES string of the molecule is O=C(Nc1ccc2c(c1)C(=O)N1CCCC[C@H]1CCO2)[C@H]1COc2ccccc2O1. The summed E-state index contributed by atoms with van der Waals surface area (Å²) in [6, 6.07) is 12.7. The minimum atomic E-state index is -0.764. The van der Waals surface area contributed by atoms with E-state index in [1.165, 1.54) is 0 Å². The Kier molecular flexibility index (Phi) is 4.94. The number of carbonyl (C=O) groups excluding carboxylic acids is 2. The lowest BCUT2D eigenvalue weighted by atomic mass is 9.97. The molecule has 3 heterocycles. The Balaban J connectivity index is 1.34. The summed E-state index contributed by atoms with van der Waals surface area (Å²) in [4.78, 5) is 27.9. The van der Waals surface area contributed by atoms with Crippen LogP contribution in [0.5, 0.6) is 17.2 Å². The van der Waals surface area contributed by atoms with Gasteiger partial charge in [0, 0.05) is 24.7 Å². The van der Waals surface area contributed by atoms with Crippen molar-refractivity contribution in [2.75, 3.05) is 25.1 Å². The number of anilines is 1. The summed E-state index contributed by atoms with van der Waals surface area (Å²) in [5.74, 6) is 1.38. The third-order valence-electron chi connectivity index (χ3n) is 5.88. The van der Waals surface area contributed by atoms with Crippen LogP contribution in [0.1, 0.15) is 36.0 Å². The van der Waals surface area contributed by atoms with Crippen LogP contribution in [0.3, 0.4) is 0 Å². The highest BCUT2D eigenvalue weighted by Gasteiger charge is 2.32. The molecule has 0 aromatic heterocycles. The van der Waals surface area contributed by atoms with Gasteiger partial charge in [-0.05, 0) is 49.6 Å². The first-order valence-corrected chi connectivity index (χ1v) is 10.5. The fourth-order valence-electron chi connectivity index (χ4n) is 4.30. The molecule has 0 bridgehead atoms. The van der Waals surface area contributed by atoms with E-state index in [1.54, 1.807) is 30.3 Å². The summed E-state index contributed by atoms with van der Waals surface area (Å²) in [6.45, 7) is 1.48. The normalized spacial score (nSPS) is 22.7. The molecule has 2 amide bonds. The van der Waals surface area contributed by atoms with Crippen molar-refractivity contribution in [1.82, 2.24) is 4.90 Å². The number of benzene rings is 2. The molecule has 7 nitrogen and oxygen atoms in total. The molecule has 0 aliphatic carbocycles. The van der Waals surface area contributed by atoms with E-state index in [4.69, 9.17) is 14.2 Å². The molecule has 1 N–H and O–H groups in total. The van der Waals surface area contributed by atoms with Crippen LogP contribution in [-0.2, 0) is 4.79 Å². The fraction of sp³-hybridized carbons (Fsp3) is 0.391. The molecule has 1 saturated heterocycles. The predicted octanol–water partition coefficient (Wildman–Crippen LogP) is 3.24. The average molecular weight is 408 g/mol. The quantitative estimate of drug-likeness (QED) is 0.826. The van der Waals surface area contributed by atoms with Gasteiger partial charge >= 0.3 is 0 Å². The van der Waals surface area contributed by atoms with E-state index in [2.05, 4.69) is 5.32 Å². The minimum absolute atomic E-state index is 0.0309. The van der Waals surface area contributed by atoms with Gasteiger partial charge in [0.15, 0.2) is 11.5 Å². The number of piperidine rings is 1. The van der Waals surface area contributed by atoms with Crippen molar-refractivity contribution in [1.29, 1.82) is 0 Å². The van der Waals surface area contributed by atoms with Crippen molar-refractivity contribution in [3.8, 4) is 17.2 Å². The maximum atomic E-state index is 13.2. The Bertz CT molecular complexity index is 976. The van der Waals surface area contributed by atoms with E-state index >= 15 is 0 Å². The van der Waals surface area contributed by atoms with Crippen LogP contribution in [0, 0.1) is 0 Å². The first-order valence-electron chi connectivity index (χ1n) is 10.5. The number of fused-ring (bicyclic) bond motifs is 3. The van der Waals surface area contributed by atoms with Gasteiger partial charge in [-0.3, -0.25) is 9.59 Å². The summed E-state index contributed by atoms with van der Waals surface area (Å²) in [5.41, 5.74) is 1.03. The number of nitrogens with one attached hydrogen (secondary N) is 1. The molecule has 3 aliphatic heterocycles. The number of ether oxygens (including phenoxy) is 3. The van der Waals surface area contributed by atoms with Crippen LogP contribution in [0.15, 0.2) is 42.5 Å². The highest BCUT2D eigenvalue weighted by atomic mass is 16.6. The van der Waals surface area contributed by atoms with Gasteiger partial charge in [0.25, 0.3) is 11.8 Å². The molecule has 0 unspecified atom stereocenters. The summed E-state index contributed by atoms with van der Waals surface area (Å²) < 4.78 is 17.3. The van der Waals surface area contributed by atoms with Crippen molar-refractivity contribution < 1.29 is 23.8 Å². The van der Waals surface area contributed by atoms with Crippen molar-refractivity contribution in [2.24, 2.45) is 0 Å². The molecule has 5 rings (SSSR count). The maximum absolute atomic E-state index is 13.2. The van der Waals surface area contributed by atoms with Crippen molar-refractivity contribution in [3.63, 3.8) is 0 Å². The van der Waals surface area contributed by atoms with Gasteiger partial charge < -0.3 is 24.4 Å². The van der Waals surface area contributed by atoms with E-state index in [0.717, 1.165) is 32.2 Å². The number of carbonyl (C=O) groups is 2. The Morgan fingerprint density at radius 2 is 1.87 bits per heavy atom. The van der Waals surface area contributed by atoms with Gasteiger partial charge in [-0.15, -0.1) is 0 Å². The second-order valence-electron chi connectivity index (χ2n) is 7.85. The van der Waals surface area contributed by atoms with Crippen LogP contribution >= 0.6 is 0 Å². The molecule has 7 heteroatoms. The van der Waals surface area contributed by atoms with Gasteiger partial charge in [0.2, 0.25) is 6.10 Å². The molecular formula is C23H24N2O5. The van der Waals surface area contributed by atoms with E-state index in [1.807, 2.05) is 17.0 Å². The molecule has 2 aromatic rings. The van der Waals surface area contributed by atoms with Gasteiger partial charge in [0.1, 0.15) is 12.4 Å². The molecular weight excluding hydrogens is 384 g/mol. The molecule has 3 aliphatic rings. The van der Waals surface area contributed by atoms with Crippen molar-refractivity contribution in [3.05, 3.63) is 48.0 Å². The monoisotopic (exact) mass is 408 g/mol. The lowest BCUT2D eigenvalue weighted by Gasteiger charge is -2.37. The largest absolute Gasteiger partial charge is 0.493 e. The van der Waals surface area contributed by atoms with Crippen LogP contribution < -0.4 is 19.5 Å². The van der Waals surface area contributed by atoms with E-state index in [-0.39, 0.29) is 24.5 Å². The number of hydrogen-bond acceptors (Lipinski definition) is 5. The molecule has 30 heavy (non-hydrogen) atoms. The summed E-state index contributed by atoms with van der Waals surface area (Å²) >= 11 is 0. The van der Waals surface area contributed by atoms with Gasteiger partial charge in [0.05, 0.1) is 12.2 Å². The second kappa shape index (κ2) is 7.89. The summed E-state index contributed by atoms with van der Waals surface area (Å²) in [6.07, 6.45) is 3.27. The molecule has 2 aromatic carbocycles. The molecule has 1 fully saturated rings. The highest BCUT2D eigenvalue weighted by Crippen LogP contribution is 2.33. The first-order chi connectivity index (χ1) is 14.7. The summed E-state index contributed by atoms with van der Waals surface area (Å²) in [7, 11) is 0. The lowest BCUT2D eigenvalue weighted by Crippen LogP contribution is -2.45. The zero-order valence-corrected chi connectivity index (χ0v) is 16.6. The zero-order chi connectivity index (χ0) is 20.5. The standard InChI is InChI=1S/C23H24N2O5/c26-22(21-14-29-19-6-1-2-7-20(19)30-21)24-15-8-9-18-17(13-15)23(27)25-11-4-3-5-16(25)10-12-28-18/h1-2,6-9,13,16,21H,3-5,10-12,14H2,(H,24,26)/t16-,21+/m0/s1. The van der Waals surface area contributed by atoms with Gasteiger partial charge in [-0.1, -0.05) is 12.1 Å². The topological polar surface area (TPSA) is 77.1 Å². The molecule has 0 saturated carbocycles. The zero-order valence-electron chi connectivity index (χ0n) is 16.6. The third-order valence-corrected chi connectivity index (χ3v) is 5.88. The Hall–Kier alpha value is -3.22. The molecule has 0 spiro atoms. The molecule has 0 radical (unpaired) electrons. The van der Waals surface area contributed by atoms with Gasteiger partial charge in [-0.2, -0.15) is 0 Å². The number of amides is 2. The number of nitrogens with zero attached hydrogens (tertiary/aromatic N) is 1. The van der Waals surface area contributed by atoms with Crippen LogP contribution in [0.4, 0.5) is 5.69 Å². The predicted molar refractivity (Wildman–Crippen MR) is 110 cm³/mol. The minimum Gasteiger partial charge on any atom is -0.493 e. The van der Waals surface area contributed by atoms with Crippen LogP contribution in [0.2, 0.25) is 0 Å². The number of rotatable bonds is 2. The second-order valence-corrected chi connectivity index (χ2v) is 7.85. The van der Waals surface area contributed by atoms with E-state index in [9.17, 15) is 9.59 Å². The fourth-order valence-corrected chi connectivity index (χ4v) is 4.30. The Morgan fingerprint density at radius 3 is 2.77 bits per heavy atom. The van der Waals surface area contributed by atoms with Crippen LogP contribution in [0.25, 0.3) is 0 Å². The number of para-hydroxylation sites is 2. The molecule has 2 atom stereocenters. The van der Waals surface area contributed by atoms with Crippen molar-refractivity contribution >= 4 is 17.5 Å². The lowest BCUT2D eigenvalue weighted by molar-refractivity contribution is -0.125. The van der Waals surface area contributed by atoms with E-state index < -0.39 is 6.10 Å². The highest BCUT2D eigenvalue weighted by molar-refractivity contribution is 6.00. The Morgan fingerprint density at radius 1 is 1.00 bits per heavy atom.